The van der Waals surface area contributed by atoms with Gasteiger partial charge in [0.1, 0.15) is 5.60 Å². The molecule has 2 fully saturated rings. The monoisotopic (exact) mass is 240 g/mol. The number of esters is 1. The summed E-state index contributed by atoms with van der Waals surface area (Å²) >= 11 is 0. The van der Waals surface area contributed by atoms with Crippen LogP contribution in [0.2, 0.25) is 0 Å². The molecule has 4 rings (SSSR count). The molecule has 0 spiro atoms. The van der Waals surface area contributed by atoms with E-state index in [1.165, 1.54) is 11.1 Å². The van der Waals surface area contributed by atoms with E-state index in [9.17, 15) is 4.79 Å². The van der Waals surface area contributed by atoms with Crippen LogP contribution in [0.25, 0.3) is 6.08 Å². The molecule has 1 aromatic carbocycles. The third kappa shape index (κ3) is 1.21. The molecule has 0 amide bonds. The van der Waals surface area contributed by atoms with E-state index in [1.54, 1.807) is 0 Å². The van der Waals surface area contributed by atoms with Crippen molar-refractivity contribution in [2.75, 3.05) is 0 Å². The van der Waals surface area contributed by atoms with Gasteiger partial charge in [-0.05, 0) is 30.4 Å². The molecule has 0 aromatic heterocycles. The zero-order valence-corrected chi connectivity index (χ0v) is 10.4. The molecule has 0 radical (unpaired) electrons. The van der Waals surface area contributed by atoms with Crippen LogP contribution in [-0.4, -0.2) is 11.6 Å². The summed E-state index contributed by atoms with van der Waals surface area (Å²) < 4.78 is 5.67. The second-order valence-corrected chi connectivity index (χ2v) is 5.99. The second kappa shape index (κ2) is 3.25. The summed E-state index contributed by atoms with van der Waals surface area (Å²) in [5.74, 6) is 0.907. The largest absolute Gasteiger partial charge is 0.458 e. The zero-order chi connectivity index (χ0) is 12.3. The van der Waals surface area contributed by atoms with E-state index < -0.39 is 0 Å². The average molecular weight is 240 g/mol. The Hall–Kier alpha value is -1.57. The first kappa shape index (κ1) is 10.4. The van der Waals surface area contributed by atoms with Gasteiger partial charge >= 0.3 is 5.97 Å². The van der Waals surface area contributed by atoms with E-state index >= 15 is 0 Å². The Bertz CT molecular complexity index is 560. The van der Waals surface area contributed by atoms with Crippen LogP contribution in [-0.2, 0) is 9.53 Å². The van der Waals surface area contributed by atoms with Gasteiger partial charge in [0.25, 0.3) is 0 Å². The molecule has 1 heterocycles. The maximum Gasteiger partial charge on any atom is 0.309 e. The maximum absolute atomic E-state index is 11.9. The lowest BCUT2D eigenvalue weighted by Gasteiger charge is -2.42. The van der Waals surface area contributed by atoms with Crippen molar-refractivity contribution >= 4 is 12.0 Å². The molecule has 1 aromatic rings. The normalized spacial score (nSPS) is 40.1. The fourth-order valence-corrected chi connectivity index (χ4v) is 4.06. The SMILES string of the molecule is C[C@]12C[C@H](C[C@@H]3c4ccccc4C=C[C@@H]31)C(=O)O2. The van der Waals surface area contributed by atoms with Crippen LogP contribution in [0.1, 0.15) is 36.8 Å². The first-order valence-corrected chi connectivity index (χ1v) is 6.67. The lowest BCUT2D eigenvalue weighted by molar-refractivity contribution is -0.150. The number of rotatable bonds is 0. The lowest BCUT2D eigenvalue weighted by Crippen LogP contribution is -2.40. The molecule has 1 saturated heterocycles. The van der Waals surface area contributed by atoms with Crippen molar-refractivity contribution in [1.29, 1.82) is 0 Å². The number of fused-ring (bicyclic) bond motifs is 6. The van der Waals surface area contributed by atoms with E-state index in [2.05, 4.69) is 43.3 Å². The quantitative estimate of drug-likeness (QED) is 0.651. The third-order valence-electron chi connectivity index (χ3n) is 4.87. The Morgan fingerprint density at radius 2 is 2.17 bits per heavy atom. The van der Waals surface area contributed by atoms with Crippen molar-refractivity contribution in [1.82, 2.24) is 0 Å². The van der Waals surface area contributed by atoms with E-state index in [0.29, 0.717) is 11.8 Å². The van der Waals surface area contributed by atoms with Crippen molar-refractivity contribution in [3.8, 4) is 0 Å². The Labute approximate surface area is 107 Å². The van der Waals surface area contributed by atoms with Crippen LogP contribution < -0.4 is 0 Å². The lowest BCUT2D eigenvalue weighted by atomic mass is 9.63. The predicted octanol–water partition coefficient (Wildman–Crippen LogP) is 3.14. The molecule has 2 bridgehead atoms. The molecule has 4 atom stereocenters. The van der Waals surface area contributed by atoms with Gasteiger partial charge in [0.15, 0.2) is 0 Å². The number of carbonyl (C=O) groups is 1. The summed E-state index contributed by atoms with van der Waals surface area (Å²) in [7, 11) is 0. The van der Waals surface area contributed by atoms with Crippen molar-refractivity contribution in [3.63, 3.8) is 0 Å². The summed E-state index contributed by atoms with van der Waals surface area (Å²) in [5, 5.41) is 0. The highest BCUT2D eigenvalue weighted by molar-refractivity contribution is 5.77. The van der Waals surface area contributed by atoms with Crippen molar-refractivity contribution < 1.29 is 9.53 Å². The van der Waals surface area contributed by atoms with Gasteiger partial charge in [0.05, 0.1) is 5.92 Å². The number of ether oxygens (including phenoxy) is 1. The standard InChI is InChI=1S/C16H16O2/c1-16-9-11(15(17)18-16)8-13-12-5-3-2-4-10(12)6-7-14(13)16/h2-7,11,13-14H,8-9H2,1H3/t11-,13+,14-,16-/m0/s1. The molecule has 3 aliphatic rings. The van der Waals surface area contributed by atoms with Crippen LogP contribution in [0, 0.1) is 11.8 Å². The zero-order valence-electron chi connectivity index (χ0n) is 10.4. The van der Waals surface area contributed by atoms with Crippen molar-refractivity contribution in [3.05, 3.63) is 41.5 Å². The van der Waals surface area contributed by atoms with Gasteiger partial charge in [0, 0.05) is 12.3 Å². The van der Waals surface area contributed by atoms with Gasteiger partial charge in [0.2, 0.25) is 0 Å². The van der Waals surface area contributed by atoms with E-state index in [0.717, 1.165) is 12.8 Å². The summed E-state index contributed by atoms with van der Waals surface area (Å²) in [4.78, 5) is 11.9. The fourth-order valence-electron chi connectivity index (χ4n) is 4.06. The molecular weight excluding hydrogens is 224 g/mol. The summed E-state index contributed by atoms with van der Waals surface area (Å²) in [5.41, 5.74) is 2.41. The number of hydrogen-bond acceptors (Lipinski definition) is 2. The molecule has 92 valence electrons. The molecule has 2 nitrogen and oxygen atoms in total. The van der Waals surface area contributed by atoms with Gasteiger partial charge in [-0.25, -0.2) is 0 Å². The highest BCUT2D eigenvalue weighted by atomic mass is 16.6. The number of benzene rings is 1. The number of hydrogen-bond donors (Lipinski definition) is 0. The van der Waals surface area contributed by atoms with Crippen LogP contribution >= 0.6 is 0 Å². The molecule has 2 aliphatic carbocycles. The van der Waals surface area contributed by atoms with Gasteiger partial charge in [-0.3, -0.25) is 4.79 Å². The van der Waals surface area contributed by atoms with Gasteiger partial charge in [-0.15, -0.1) is 0 Å². The summed E-state index contributed by atoms with van der Waals surface area (Å²) in [6.45, 7) is 2.10. The van der Waals surface area contributed by atoms with Crippen molar-refractivity contribution in [2.45, 2.75) is 31.3 Å². The summed E-state index contributed by atoms with van der Waals surface area (Å²) in [6, 6.07) is 8.53. The molecular formula is C16H16O2. The topological polar surface area (TPSA) is 26.3 Å². The predicted molar refractivity (Wildman–Crippen MR) is 68.9 cm³/mol. The summed E-state index contributed by atoms with van der Waals surface area (Å²) in [6.07, 6.45) is 6.27. The van der Waals surface area contributed by atoms with Gasteiger partial charge in [-0.1, -0.05) is 36.4 Å². The first-order chi connectivity index (χ1) is 8.67. The van der Waals surface area contributed by atoms with Crippen molar-refractivity contribution in [2.24, 2.45) is 11.8 Å². The Morgan fingerprint density at radius 3 is 3.06 bits per heavy atom. The van der Waals surface area contributed by atoms with Crippen LogP contribution in [0.4, 0.5) is 0 Å². The minimum Gasteiger partial charge on any atom is -0.458 e. The Balaban J connectivity index is 1.85. The van der Waals surface area contributed by atoms with E-state index in [-0.39, 0.29) is 17.5 Å². The minimum absolute atomic E-state index is 0.0118. The first-order valence-electron chi connectivity index (χ1n) is 6.67. The van der Waals surface area contributed by atoms with E-state index in [1.807, 2.05) is 0 Å². The molecule has 0 unspecified atom stereocenters. The third-order valence-corrected chi connectivity index (χ3v) is 4.87. The highest BCUT2D eigenvalue weighted by Crippen LogP contribution is 2.55. The Morgan fingerprint density at radius 1 is 1.33 bits per heavy atom. The molecule has 1 saturated carbocycles. The van der Waals surface area contributed by atoms with Gasteiger partial charge < -0.3 is 4.74 Å². The van der Waals surface area contributed by atoms with Crippen LogP contribution in [0.5, 0.6) is 0 Å². The minimum atomic E-state index is -0.283. The molecule has 1 aliphatic heterocycles. The second-order valence-electron chi connectivity index (χ2n) is 5.99. The van der Waals surface area contributed by atoms with Gasteiger partial charge in [-0.2, -0.15) is 0 Å². The average Bonchev–Trinajstić information content (AvgIpc) is 2.60. The molecule has 18 heavy (non-hydrogen) atoms. The maximum atomic E-state index is 11.9. The fraction of sp³-hybridized carbons (Fsp3) is 0.438. The molecule has 2 heteroatoms. The van der Waals surface area contributed by atoms with Crippen LogP contribution in [0.3, 0.4) is 0 Å². The van der Waals surface area contributed by atoms with E-state index in [4.69, 9.17) is 4.74 Å². The smallest absolute Gasteiger partial charge is 0.309 e. The Kier molecular flexibility index (Phi) is 1.87. The number of carbonyl (C=O) groups excluding carboxylic acids is 1. The molecule has 0 N–H and O–H groups in total. The van der Waals surface area contributed by atoms with Crippen LogP contribution in [0.15, 0.2) is 30.3 Å². The highest BCUT2D eigenvalue weighted by Gasteiger charge is 2.56.